The van der Waals surface area contributed by atoms with E-state index in [1.54, 1.807) is 0 Å². The second kappa shape index (κ2) is 3.59. The summed E-state index contributed by atoms with van der Waals surface area (Å²) < 4.78 is 5.67. The van der Waals surface area contributed by atoms with Crippen molar-refractivity contribution >= 4 is 0 Å². The summed E-state index contributed by atoms with van der Waals surface area (Å²) in [5.41, 5.74) is 0. The lowest BCUT2D eigenvalue weighted by Crippen LogP contribution is -2.14. The van der Waals surface area contributed by atoms with Crippen LogP contribution in [0, 0.1) is 0 Å². The molecule has 2 aliphatic rings. The summed E-state index contributed by atoms with van der Waals surface area (Å²) in [4.78, 5) is 4.61. The van der Waals surface area contributed by atoms with Crippen molar-refractivity contribution in [2.45, 2.75) is 50.5 Å². The molecule has 1 aliphatic heterocycles. The fraction of sp³-hybridized carbons (Fsp3) is 0.818. The van der Waals surface area contributed by atoms with Gasteiger partial charge in [-0.25, -0.2) is 4.98 Å². The van der Waals surface area contributed by atoms with E-state index in [1.807, 2.05) is 0 Å². The van der Waals surface area contributed by atoms with Gasteiger partial charge in [0.15, 0.2) is 5.82 Å². The highest BCUT2D eigenvalue weighted by Crippen LogP contribution is 2.39. The number of nitrogens with zero attached hydrogens (tertiary/aromatic N) is 2. The summed E-state index contributed by atoms with van der Waals surface area (Å²) in [5.74, 6) is 3.14. The van der Waals surface area contributed by atoms with Crippen molar-refractivity contribution in [3.63, 3.8) is 0 Å². The van der Waals surface area contributed by atoms with E-state index in [9.17, 15) is 0 Å². The average Bonchev–Trinajstić information content (AvgIpc) is 2.83. The van der Waals surface area contributed by atoms with Gasteiger partial charge >= 0.3 is 0 Å². The zero-order valence-electron chi connectivity index (χ0n) is 9.07. The summed E-state index contributed by atoms with van der Waals surface area (Å²) in [7, 11) is 0. The number of H-pyrrole nitrogens is 1. The van der Waals surface area contributed by atoms with Gasteiger partial charge in [-0.05, 0) is 25.7 Å². The quantitative estimate of drug-likeness (QED) is 0.824. The SMILES string of the molecule is CCC1OCCC1c1nc(C2CC2)n[nH]1. The maximum absolute atomic E-state index is 5.67. The van der Waals surface area contributed by atoms with Crippen molar-refractivity contribution in [3.05, 3.63) is 11.6 Å². The fourth-order valence-corrected chi connectivity index (χ4v) is 2.34. The number of rotatable bonds is 3. The smallest absolute Gasteiger partial charge is 0.153 e. The van der Waals surface area contributed by atoms with Crippen molar-refractivity contribution in [1.82, 2.24) is 15.2 Å². The van der Waals surface area contributed by atoms with Crippen LogP contribution in [-0.4, -0.2) is 27.9 Å². The van der Waals surface area contributed by atoms with E-state index in [0.29, 0.717) is 17.9 Å². The summed E-state index contributed by atoms with van der Waals surface area (Å²) >= 11 is 0. The Morgan fingerprint density at radius 1 is 1.40 bits per heavy atom. The lowest BCUT2D eigenvalue weighted by molar-refractivity contribution is 0.0994. The molecule has 1 aromatic heterocycles. The summed E-state index contributed by atoms with van der Waals surface area (Å²) in [6, 6.07) is 0. The maximum atomic E-state index is 5.67. The van der Waals surface area contributed by atoms with Crippen LogP contribution in [0.2, 0.25) is 0 Å². The molecule has 0 amide bonds. The van der Waals surface area contributed by atoms with Gasteiger partial charge < -0.3 is 4.74 Å². The van der Waals surface area contributed by atoms with E-state index < -0.39 is 0 Å². The molecule has 1 N–H and O–H groups in total. The molecule has 0 bridgehead atoms. The van der Waals surface area contributed by atoms with Gasteiger partial charge in [0, 0.05) is 18.4 Å². The number of aromatic nitrogens is 3. The van der Waals surface area contributed by atoms with E-state index >= 15 is 0 Å². The van der Waals surface area contributed by atoms with Gasteiger partial charge in [0.05, 0.1) is 6.10 Å². The summed E-state index contributed by atoms with van der Waals surface area (Å²) in [6.45, 7) is 3.03. The largest absolute Gasteiger partial charge is 0.377 e. The minimum absolute atomic E-state index is 0.338. The van der Waals surface area contributed by atoms with Crippen LogP contribution in [0.5, 0.6) is 0 Å². The Balaban J connectivity index is 1.78. The highest BCUT2D eigenvalue weighted by Gasteiger charge is 2.33. The first-order chi connectivity index (χ1) is 7.38. The molecule has 2 fully saturated rings. The second-order valence-corrected chi connectivity index (χ2v) is 4.57. The first-order valence-electron chi connectivity index (χ1n) is 5.92. The van der Waals surface area contributed by atoms with Gasteiger partial charge in [0.2, 0.25) is 0 Å². The average molecular weight is 207 g/mol. The highest BCUT2D eigenvalue weighted by atomic mass is 16.5. The molecule has 0 radical (unpaired) electrons. The first-order valence-corrected chi connectivity index (χ1v) is 5.92. The van der Waals surface area contributed by atoms with Crippen molar-refractivity contribution < 1.29 is 4.74 Å². The van der Waals surface area contributed by atoms with Crippen LogP contribution in [0.1, 0.15) is 56.1 Å². The molecule has 82 valence electrons. The molecular formula is C11H17N3O. The molecule has 1 saturated heterocycles. The van der Waals surface area contributed by atoms with E-state index in [-0.39, 0.29) is 0 Å². The van der Waals surface area contributed by atoms with Crippen LogP contribution in [0.4, 0.5) is 0 Å². The molecule has 4 nitrogen and oxygen atoms in total. The van der Waals surface area contributed by atoms with Crippen LogP contribution in [0.3, 0.4) is 0 Å². The molecule has 2 heterocycles. The van der Waals surface area contributed by atoms with Crippen molar-refractivity contribution in [1.29, 1.82) is 0 Å². The Bertz CT molecular complexity index is 345. The Kier molecular flexibility index (Phi) is 2.24. The van der Waals surface area contributed by atoms with Crippen LogP contribution < -0.4 is 0 Å². The van der Waals surface area contributed by atoms with Gasteiger partial charge in [-0.15, -0.1) is 0 Å². The normalized spacial score (nSPS) is 31.0. The first kappa shape index (κ1) is 9.33. The predicted molar refractivity (Wildman–Crippen MR) is 55.7 cm³/mol. The number of ether oxygens (including phenoxy) is 1. The standard InChI is InChI=1S/C11H17N3O/c1-2-9-8(5-6-15-9)11-12-10(13-14-11)7-3-4-7/h7-9H,2-6H2,1H3,(H,12,13,14). The van der Waals surface area contributed by atoms with Gasteiger partial charge in [-0.3, -0.25) is 5.10 Å². The molecule has 0 spiro atoms. The Labute approximate surface area is 89.4 Å². The lowest BCUT2D eigenvalue weighted by atomic mass is 9.99. The lowest BCUT2D eigenvalue weighted by Gasteiger charge is -2.13. The Morgan fingerprint density at radius 2 is 2.27 bits per heavy atom. The molecule has 2 unspecified atom stereocenters. The van der Waals surface area contributed by atoms with Gasteiger partial charge in [-0.2, -0.15) is 5.10 Å². The molecule has 1 aromatic rings. The molecule has 15 heavy (non-hydrogen) atoms. The molecule has 1 aliphatic carbocycles. The highest BCUT2D eigenvalue weighted by molar-refractivity contribution is 5.09. The summed E-state index contributed by atoms with van der Waals surface area (Å²) in [6.07, 6.45) is 5.00. The number of nitrogens with one attached hydrogen (secondary N) is 1. The van der Waals surface area contributed by atoms with Crippen molar-refractivity contribution in [3.8, 4) is 0 Å². The van der Waals surface area contributed by atoms with E-state index in [1.165, 1.54) is 12.8 Å². The Hall–Kier alpha value is -0.900. The second-order valence-electron chi connectivity index (χ2n) is 4.57. The van der Waals surface area contributed by atoms with Crippen LogP contribution >= 0.6 is 0 Å². The minimum Gasteiger partial charge on any atom is -0.377 e. The van der Waals surface area contributed by atoms with Crippen LogP contribution in [-0.2, 0) is 4.74 Å². The van der Waals surface area contributed by atoms with E-state index in [4.69, 9.17) is 4.74 Å². The zero-order valence-corrected chi connectivity index (χ0v) is 9.07. The maximum Gasteiger partial charge on any atom is 0.153 e. The van der Waals surface area contributed by atoms with Crippen molar-refractivity contribution in [2.24, 2.45) is 0 Å². The zero-order chi connectivity index (χ0) is 10.3. The topological polar surface area (TPSA) is 50.8 Å². The van der Waals surface area contributed by atoms with Crippen molar-refractivity contribution in [2.75, 3.05) is 6.61 Å². The molecule has 0 aromatic carbocycles. The van der Waals surface area contributed by atoms with Gasteiger partial charge in [0.25, 0.3) is 0 Å². The third-order valence-corrected chi connectivity index (χ3v) is 3.43. The molecule has 1 saturated carbocycles. The third kappa shape index (κ3) is 1.67. The predicted octanol–water partition coefficient (Wildman–Crippen LogP) is 1.96. The third-order valence-electron chi connectivity index (χ3n) is 3.43. The molecule has 3 rings (SSSR count). The van der Waals surface area contributed by atoms with E-state index in [2.05, 4.69) is 22.1 Å². The van der Waals surface area contributed by atoms with Gasteiger partial charge in [0.1, 0.15) is 5.82 Å². The molecule has 2 atom stereocenters. The monoisotopic (exact) mass is 207 g/mol. The number of hydrogen-bond acceptors (Lipinski definition) is 3. The molecule has 4 heteroatoms. The van der Waals surface area contributed by atoms with Crippen LogP contribution in [0.15, 0.2) is 0 Å². The number of hydrogen-bond donors (Lipinski definition) is 1. The fourth-order valence-electron chi connectivity index (χ4n) is 2.34. The minimum atomic E-state index is 0.338. The number of aromatic amines is 1. The van der Waals surface area contributed by atoms with E-state index in [0.717, 1.165) is 31.1 Å². The Morgan fingerprint density at radius 3 is 3.00 bits per heavy atom. The van der Waals surface area contributed by atoms with Gasteiger partial charge in [-0.1, -0.05) is 6.92 Å². The molecular weight excluding hydrogens is 190 g/mol. The summed E-state index contributed by atoms with van der Waals surface area (Å²) in [5, 5.41) is 7.39. The van der Waals surface area contributed by atoms with Crippen LogP contribution in [0.25, 0.3) is 0 Å².